The molecule has 0 aromatic heterocycles. The van der Waals surface area contributed by atoms with Gasteiger partial charge >= 0.3 is 27.6 Å². The summed E-state index contributed by atoms with van der Waals surface area (Å²) in [5.74, 6) is -1.45. The van der Waals surface area contributed by atoms with Crippen LogP contribution in [-0.2, 0) is 41.8 Å². The molecule has 0 aromatic carbocycles. The highest BCUT2D eigenvalue weighted by atomic mass is 31.2. The summed E-state index contributed by atoms with van der Waals surface area (Å²) in [6.45, 7) is 2.78. The van der Waals surface area contributed by atoms with Gasteiger partial charge in [0, 0.05) is 12.8 Å². The largest absolute Gasteiger partial charge is 0.472 e. The van der Waals surface area contributed by atoms with Crippen molar-refractivity contribution in [3.63, 3.8) is 0 Å². The smallest absolute Gasteiger partial charge is 0.462 e. The van der Waals surface area contributed by atoms with E-state index >= 15 is 0 Å². The van der Waals surface area contributed by atoms with Gasteiger partial charge in [-0.3, -0.25) is 23.2 Å². The standard InChI is InChI=1S/C49H84O18P2/c1-3-5-7-8-9-10-11-12-13-14-15-16-17-18-22-25-29-35-43(53)65-41(38-64-69(61,62)67-49-46(56)44(54)45(55)48(47(49)57)66-68(58,59)60)37-63-42(52)36-30-34-40(51)33-28-24-21-19-20-23-27-32-39(50)31-26-6-4-2/h9-10,12-13,20-21,23-24,27-28,32-33,39-41,44-51,54-57H,3-8,11,14-19,22,25-26,29-31,34-38H2,1-2H3,(H,61,62)(H2,58,59,60)/b10-9-,13-12-,23-20-,24-21-,32-27+,33-28+/t39-,40-,41+,44?,45?,46?,47?,48+,49-/m0/s1. The van der Waals surface area contributed by atoms with E-state index in [0.29, 0.717) is 12.8 Å². The Morgan fingerprint density at radius 3 is 1.61 bits per heavy atom. The summed E-state index contributed by atoms with van der Waals surface area (Å²) in [6.07, 6.45) is 24.8. The van der Waals surface area contributed by atoms with Crippen molar-refractivity contribution in [2.75, 3.05) is 13.2 Å². The maximum atomic E-state index is 13.0. The monoisotopic (exact) mass is 1020 g/mol. The van der Waals surface area contributed by atoms with Gasteiger partial charge in [-0.2, -0.15) is 0 Å². The van der Waals surface area contributed by atoms with Gasteiger partial charge in [-0.1, -0.05) is 151 Å². The lowest BCUT2D eigenvalue weighted by atomic mass is 9.85. The summed E-state index contributed by atoms with van der Waals surface area (Å²) in [5.41, 5.74) is 0. The van der Waals surface area contributed by atoms with Crippen LogP contribution in [0.4, 0.5) is 0 Å². The molecule has 1 rings (SSSR count). The minimum atomic E-state index is -5.39. The van der Waals surface area contributed by atoms with Crippen molar-refractivity contribution < 1.29 is 87.1 Å². The molecule has 69 heavy (non-hydrogen) atoms. The van der Waals surface area contributed by atoms with Crippen molar-refractivity contribution in [2.45, 2.75) is 210 Å². The van der Waals surface area contributed by atoms with Gasteiger partial charge in [-0.15, -0.1) is 0 Å². The molecule has 0 aromatic rings. The SMILES string of the molecule is CCCCC/C=C\C/C=C\CCCCCCCCCC(=O)O[C@H](COC(=O)CCC[C@@H](O)/C=C/C=C\C/C=C\C=C\[C@@H](O)CCCCC)COP(=O)(O)O[C@H]1C(O)C(O)C(O)[C@@H](OP(=O)(O)O)C1O. The first-order chi connectivity index (χ1) is 32.9. The van der Waals surface area contributed by atoms with Crippen molar-refractivity contribution >= 4 is 27.6 Å². The molecule has 1 saturated carbocycles. The Morgan fingerprint density at radius 1 is 0.536 bits per heavy atom. The molecule has 398 valence electrons. The van der Waals surface area contributed by atoms with Crippen LogP contribution in [0.2, 0.25) is 0 Å². The molecule has 0 heterocycles. The van der Waals surface area contributed by atoms with Crippen molar-refractivity contribution in [1.82, 2.24) is 0 Å². The number of aliphatic hydroxyl groups is 6. The third-order valence-corrected chi connectivity index (χ3v) is 12.5. The molecule has 10 atom stereocenters. The number of allylic oxidation sites excluding steroid dienone is 10. The van der Waals surface area contributed by atoms with Gasteiger partial charge < -0.3 is 54.8 Å². The van der Waals surface area contributed by atoms with Crippen LogP contribution in [0, 0.1) is 0 Å². The molecule has 1 fully saturated rings. The lowest BCUT2D eigenvalue weighted by molar-refractivity contribution is -0.216. The van der Waals surface area contributed by atoms with E-state index in [-0.39, 0.29) is 25.7 Å². The van der Waals surface area contributed by atoms with E-state index in [2.05, 4.69) is 42.7 Å². The zero-order chi connectivity index (χ0) is 51.3. The van der Waals surface area contributed by atoms with Crippen LogP contribution in [0.1, 0.15) is 155 Å². The lowest BCUT2D eigenvalue weighted by Crippen LogP contribution is -2.64. The molecule has 9 N–H and O–H groups in total. The van der Waals surface area contributed by atoms with E-state index < -0.39 is 95.7 Å². The molecule has 1 aliphatic carbocycles. The van der Waals surface area contributed by atoms with Crippen LogP contribution in [0.5, 0.6) is 0 Å². The predicted octanol–water partition coefficient (Wildman–Crippen LogP) is 7.56. The number of carbonyl (C=O) groups excluding carboxylic acids is 2. The third-order valence-electron chi connectivity index (χ3n) is 11.0. The third kappa shape index (κ3) is 33.6. The van der Waals surface area contributed by atoms with Crippen LogP contribution in [0.25, 0.3) is 0 Å². The average molecular weight is 1020 g/mol. The molecule has 0 amide bonds. The molecule has 0 aliphatic heterocycles. The van der Waals surface area contributed by atoms with Gasteiger partial charge in [0.25, 0.3) is 0 Å². The average Bonchev–Trinajstić information content (AvgIpc) is 3.29. The highest BCUT2D eigenvalue weighted by molar-refractivity contribution is 7.47. The Kier molecular flexibility index (Phi) is 36.3. The highest BCUT2D eigenvalue weighted by Crippen LogP contribution is 2.49. The van der Waals surface area contributed by atoms with Crippen LogP contribution in [0.15, 0.2) is 72.9 Å². The minimum Gasteiger partial charge on any atom is -0.462 e. The van der Waals surface area contributed by atoms with Gasteiger partial charge in [0.2, 0.25) is 0 Å². The fraction of sp³-hybridized carbons (Fsp3) is 0.714. The van der Waals surface area contributed by atoms with E-state index in [1.807, 2.05) is 24.3 Å². The molecule has 0 spiro atoms. The fourth-order valence-corrected chi connectivity index (χ4v) is 8.57. The lowest BCUT2D eigenvalue weighted by Gasteiger charge is -2.43. The second-order valence-electron chi connectivity index (χ2n) is 17.2. The normalized spacial score (nSPS) is 22.7. The maximum Gasteiger partial charge on any atom is 0.472 e. The predicted molar refractivity (Wildman–Crippen MR) is 262 cm³/mol. The van der Waals surface area contributed by atoms with Crippen LogP contribution in [-0.4, -0.2) is 125 Å². The van der Waals surface area contributed by atoms with E-state index in [0.717, 1.165) is 83.5 Å². The molecule has 0 bridgehead atoms. The van der Waals surface area contributed by atoms with E-state index in [1.54, 1.807) is 24.3 Å². The topological polar surface area (TPSA) is 296 Å². The van der Waals surface area contributed by atoms with Crippen LogP contribution < -0.4 is 0 Å². The van der Waals surface area contributed by atoms with Crippen molar-refractivity contribution in [3.05, 3.63) is 72.9 Å². The number of ether oxygens (including phenoxy) is 2. The summed E-state index contributed by atoms with van der Waals surface area (Å²) in [5, 5.41) is 61.5. The van der Waals surface area contributed by atoms with E-state index in [4.69, 9.17) is 18.5 Å². The number of aliphatic hydroxyl groups excluding tert-OH is 6. The van der Waals surface area contributed by atoms with Gasteiger partial charge in [-0.05, 0) is 64.2 Å². The Morgan fingerprint density at radius 2 is 1.03 bits per heavy atom. The Hall–Kier alpha value is -2.64. The first kappa shape index (κ1) is 64.4. The van der Waals surface area contributed by atoms with Gasteiger partial charge in [0.15, 0.2) is 6.10 Å². The van der Waals surface area contributed by atoms with Crippen molar-refractivity contribution in [3.8, 4) is 0 Å². The number of esters is 2. The number of carbonyl (C=O) groups is 2. The summed E-state index contributed by atoms with van der Waals surface area (Å²) in [7, 11) is -10.8. The van der Waals surface area contributed by atoms with Gasteiger partial charge in [0.05, 0.1) is 18.8 Å². The molecule has 0 saturated heterocycles. The quantitative estimate of drug-likeness (QED) is 0.00940. The van der Waals surface area contributed by atoms with Crippen LogP contribution >= 0.6 is 15.6 Å². The number of hydrogen-bond donors (Lipinski definition) is 9. The number of hydrogen-bond acceptors (Lipinski definition) is 15. The van der Waals surface area contributed by atoms with Crippen molar-refractivity contribution in [1.29, 1.82) is 0 Å². The second kappa shape index (κ2) is 39.0. The number of rotatable bonds is 40. The molecular weight excluding hydrogens is 938 g/mol. The Labute approximate surface area is 409 Å². The molecular formula is C49H84O18P2. The number of phosphoric ester groups is 2. The number of phosphoric acid groups is 2. The fourth-order valence-electron chi connectivity index (χ4n) is 7.03. The first-order valence-electron chi connectivity index (χ1n) is 24.7. The summed E-state index contributed by atoms with van der Waals surface area (Å²) in [6, 6.07) is 0. The van der Waals surface area contributed by atoms with Crippen molar-refractivity contribution in [2.24, 2.45) is 0 Å². The Balaban J connectivity index is 2.68. The molecule has 18 nitrogen and oxygen atoms in total. The molecule has 1 aliphatic rings. The molecule has 0 radical (unpaired) electrons. The zero-order valence-corrected chi connectivity index (χ0v) is 42.5. The maximum absolute atomic E-state index is 13.0. The number of unbranched alkanes of at least 4 members (excludes halogenated alkanes) is 12. The minimum absolute atomic E-state index is 0.0177. The summed E-state index contributed by atoms with van der Waals surface area (Å²) in [4.78, 5) is 54.4. The summed E-state index contributed by atoms with van der Waals surface area (Å²) >= 11 is 0. The molecule has 20 heteroatoms. The van der Waals surface area contributed by atoms with Gasteiger partial charge in [0.1, 0.15) is 43.2 Å². The van der Waals surface area contributed by atoms with Gasteiger partial charge in [-0.25, -0.2) is 9.13 Å². The second-order valence-corrected chi connectivity index (χ2v) is 19.8. The van der Waals surface area contributed by atoms with E-state index in [1.165, 1.54) is 19.3 Å². The highest BCUT2D eigenvalue weighted by Gasteiger charge is 2.54. The van der Waals surface area contributed by atoms with Crippen LogP contribution in [0.3, 0.4) is 0 Å². The molecule has 5 unspecified atom stereocenters. The summed E-state index contributed by atoms with van der Waals surface area (Å²) < 4.78 is 49.2. The van der Waals surface area contributed by atoms with E-state index in [9.17, 15) is 64.0 Å². The Bertz CT molecular complexity index is 1640. The first-order valence-corrected chi connectivity index (χ1v) is 27.7. The zero-order valence-electron chi connectivity index (χ0n) is 40.7.